The Kier molecular flexibility index (Phi) is 3.50. The van der Waals surface area contributed by atoms with Gasteiger partial charge in [0.05, 0.1) is 12.8 Å². The number of aryl methyl sites for hydroxylation is 1. The van der Waals surface area contributed by atoms with Crippen molar-refractivity contribution in [2.75, 3.05) is 30.9 Å². The summed E-state index contributed by atoms with van der Waals surface area (Å²) in [6, 6.07) is 14.7. The van der Waals surface area contributed by atoms with E-state index in [1.807, 2.05) is 18.2 Å². The molecule has 1 N–H and O–H groups in total. The van der Waals surface area contributed by atoms with Gasteiger partial charge < -0.3 is 15.0 Å². The molecule has 104 valence electrons. The number of methoxy groups -OCH3 is 1. The van der Waals surface area contributed by atoms with Gasteiger partial charge in [-0.05, 0) is 42.7 Å². The Hall–Kier alpha value is -2.16. The minimum Gasteiger partial charge on any atom is -0.495 e. The van der Waals surface area contributed by atoms with Gasteiger partial charge in [0.2, 0.25) is 0 Å². The van der Waals surface area contributed by atoms with Crippen LogP contribution in [0.25, 0.3) is 0 Å². The van der Waals surface area contributed by atoms with E-state index in [2.05, 4.69) is 41.5 Å². The number of anilines is 3. The van der Waals surface area contributed by atoms with Crippen LogP contribution in [0.2, 0.25) is 0 Å². The smallest absolute Gasteiger partial charge is 0.142 e. The third kappa shape index (κ3) is 2.31. The second kappa shape index (κ2) is 5.45. The molecule has 1 aliphatic rings. The molecule has 0 bridgehead atoms. The largest absolute Gasteiger partial charge is 0.495 e. The third-order valence-electron chi connectivity index (χ3n) is 3.87. The van der Waals surface area contributed by atoms with Crippen molar-refractivity contribution in [1.82, 2.24) is 0 Å². The summed E-state index contributed by atoms with van der Waals surface area (Å²) in [6.07, 6.45) is 2.38. The topological polar surface area (TPSA) is 24.5 Å². The Balaban J connectivity index is 1.96. The molecule has 0 saturated heterocycles. The van der Waals surface area contributed by atoms with Crippen molar-refractivity contribution in [2.24, 2.45) is 0 Å². The van der Waals surface area contributed by atoms with Crippen molar-refractivity contribution in [3.05, 3.63) is 48.0 Å². The maximum absolute atomic E-state index is 5.44. The maximum Gasteiger partial charge on any atom is 0.142 e. The second-order valence-electron chi connectivity index (χ2n) is 5.10. The van der Waals surface area contributed by atoms with Crippen molar-refractivity contribution in [2.45, 2.75) is 12.8 Å². The Labute approximate surface area is 120 Å². The van der Waals surface area contributed by atoms with Crippen LogP contribution in [-0.2, 0) is 6.42 Å². The average Bonchev–Trinajstić information content (AvgIpc) is 2.53. The monoisotopic (exact) mass is 268 g/mol. The molecule has 2 aromatic carbocycles. The molecule has 0 atom stereocenters. The van der Waals surface area contributed by atoms with Crippen molar-refractivity contribution in [1.29, 1.82) is 0 Å². The van der Waals surface area contributed by atoms with E-state index in [0.29, 0.717) is 0 Å². The summed E-state index contributed by atoms with van der Waals surface area (Å²) in [5, 5.41) is 3.48. The molecular formula is C17H20N2O. The van der Waals surface area contributed by atoms with Crippen LogP contribution in [0.15, 0.2) is 42.5 Å². The normalized spacial score (nSPS) is 13.3. The average molecular weight is 268 g/mol. The van der Waals surface area contributed by atoms with Crippen LogP contribution < -0.4 is 15.0 Å². The molecule has 0 fully saturated rings. The summed E-state index contributed by atoms with van der Waals surface area (Å²) in [5.74, 6) is 0.890. The summed E-state index contributed by atoms with van der Waals surface area (Å²) in [5.41, 5.74) is 4.91. The van der Waals surface area contributed by atoms with E-state index in [1.165, 1.54) is 29.8 Å². The van der Waals surface area contributed by atoms with Crippen LogP contribution in [-0.4, -0.2) is 20.7 Å². The standard InChI is InChI=1S/C17H20N2O/c1-19(16-7-3-4-8-17(16)20-2)14-10-9-13-6-5-11-18-15(13)12-14/h3-4,7-10,12,18H,5-6,11H2,1-2H3. The molecule has 0 aliphatic carbocycles. The van der Waals surface area contributed by atoms with E-state index in [1.54, 1.807) is 7.11 Å². The van der Waals surface area contributed by atoms with Gasteiger partial charge in [-0.1, -0.05) is 18.2 Å². The predicted molar refractivity (Wildman–Crippen MR) is 84.3 cm³/mol. The summed E-state index contributed by atoms with van der Waals surface area (Å²) < 4.78 is 5.44. The molecule has 1 aliphatic heterocycles. The van der Waals surface area contributed by atoms with Crippen LogP contribution in [0.3, 0.4) is 0 Å². The molecule has 0 spiro atoms. The highest BCUT2D eigenvalue weighted by Crippen LogP contribution is 2.34. The molecule has 1 heterocycles. The van der Waals surface area contributed by atoms with E-state index >= 15 is 0 Å². The molecular weight excluding hydrogens is 248 g/mol. The van der Waals surface area contributed by atoms with Gasteiger partial charge in [0.15, 0.2) is 0 Å². The van der Waals surface area contributed by atoms with Gasteiger partial charge in [-0.25, -0.2) is 0 Å². The number of nitrogens with one attached hydrogen (secondary N) is 1. The van der Waals surface area contributed by atoms with Crippen LogP contribution in [0.1, 0.15) is 12.0 Å². The molecule has 3 rings (SSSR count). The fourth-order valence-corrected chi connectivity index (χ4v) is 2.70. The van der Waals surface area contributed by atoms with Crippen LogP contribution >= 0.6 is 0 Å². The molecule has 20 heavy (non-hydrogen) atoms. The van der Waals surface area contributed by atoms with Crippen LogP contribution in [0.4, 0.5) is 17.1 Å². The Morgan fingerprint density at radius 3 is 2.85 bits per heavy atom. The van der Waals surface area contributed by atoms with Gasteiger partial charge in [0.25, 0.3) is 0 Å². The third-order valence-corrected chi connectivity index (χ3v) is 3.87. The van der Waals surface area contributed by atoms with Crippen molar-refractivity contribution in [3.8, 4) is 5.75 Å². The van der Waals surface area contributed by atoms with Crippen molar-refractivity contribution in [3.63, 3.8) is 0 Å². The highest BCUT2D eigenvalue weighted by Gasteiger charge is 2.13. The highest BCUT2D eigenvalue weighted by molar-refractivity contribution is 5.72. The number of benzene rings is 2. The molecule has 3 heteroatoms. The number of rotatable bonds is 3. The molecule has 2 aromatic rings. The SMILES string of the molecule is COc1ccccc1N(C)c1ccc2c(c1)NCCC2. The minimum absolute atomic E-state index is 0.890. The van der Waals surface area contributed by atoms with Gasteiger partial charge >= 0.3 is 0 Å². The fourth-order valence-electron chi connectivity index (χ4n) is 2.70. The lowest BCUT2D eigenvalue weighted by Gasteiger charge is -2.25. The summed E-state index contributed by atoms with van der Waals surface area (Å²) >= 11 is 0. The zero-order valence-corrected chi connectivity index (χ0v) is 12.0. The predicted octanol–water partition coefficient (Wildman–Crippen LogP) is 3.82. The van der Waals surface area contributed by atoms with Crippen molar-refractivity contribution < 1.29 is 4.74 Å². The number of fused-ring (bicyclic) bond motifs is 1. The first-order valence-corrected chi connectivity index (χ1v) is 7.03. The second-order valence-corrected chi connectivity index (χ2v) is 5.10. The first-order chi connectivity index (χ1) is 9.79. The van der Waals surface area contributed by atoms with Gasteiger partial charge in [-0.2, -0.15) is 0 Å². The van der Waals surface area contributed by atoms with Gasteiger partial charge in [0.1, 0.15) is 5.75 Å². The van der Waals surface area contributed by atoms with E-state index < -0.39 is 0 Å². The number of nitrogens with zero attached hydrogens (tertiary/aromatic N) is 1. The first-order valence-electron chi connectivity index (χ1n) is 7.03. The molecule has 0 amide bonds. The lowest BCUT2D eigenvalue weighted by Crippen LogP contribution is -2.14. The number of ether oxygens (including phenoxy) is 1. The van der Waals surface area contributed by atoms with E-state index in [0.717, 1.165) is 18.0 Å². The molecule has 0 saturated carbocycles. The zero-order valence-electron chi connectivity index (χ0n) is 12.0. The first kappa shape index (κ1) is 12.9. The van der Waals surface area contributed by atoms with Crippen LogP contribution in [0, 0.1) is 0 Å². The van der Waals surface area contributed by atoms with Crippen LogP contribution in [0.5, 0.6) is 5.75 Å². The van der Waals surface area contributed by atoms with E-state index in [-0.39, 0.29) is 0 Å². The number of para-hydroxylation sites is 2. The minimum atomic E-state index is 0.890. The van der Waals surface area contributed by atoms with E-state index in [9.17, 15) is 0 Å². The zero-order chi connectivity index (χ0) is 13.9. The number of hydrogen-bond donors (Lipinski definition) is 1. The summed E-state index contributed by atoms with van der Waals surface area (Å²) in [4.78, 5) is 2.16. The highest BCUT2D eigenvalue weighted by atomic mass is 16.5. The molecule has 0 unspecified atom stereocenters. The van der Waals surface area contributed by atoms with E-state index in [4.69, 9.17) is 4.74 Å². The Bertz CT molecular complexity index is 610. The maximum atomic E-state index is 5.44. The summed E-state index contributed by atoms with van der Waals surface area (Å²) in [7, 11) is 3.78. The quantitative estimate of drug-likeness (QED) is 0.915. The van der Waals surface area contributed by atoms with Gasteiger partial charge in [-0.15, -0.1) is 0 Å². The lowest BCUT2D eigenvalue weighted by molar-refractivity contribution is 0.415. The molecule has 0 radical (unpaired) electrons. The van der Waals surface area contributed by atoms with Crippen molar-refractivity contribution >= 4 is 17.1 Å². The fraction of sp³-hybridized carbons (Fsp3) is 0.294. The lowest BCUT2D eigenvalue weighted by atomic mass is 10.0. The Morgan fingerprint density at radius 2 is 2.00 bits per heavy atom. The summed E-state index contributed by atoms with van der Waals surface area (Å²) in [6.45, 7) is 1.06. The molecule has 3 nitrogen and oxygen atoms in total. The van der Waals surface area contributed by atoms with Gasteiger partial charge in [-0.3, -0.25) is 0 Å². The Morgan fingerprint density at radius 1 is 1.15 bits per heavy atom. The van der Waals surface area contributed by atoms with Gasteiger partial charge in [0, 0.05) is 25.0 Å². The molecule has 0 aromatic heterocycles. The number of hydrogen-bond acceptors (Lipinski definition) is 3.